The van der Waals surface area contributed by atoms with Gasteiger partial charge in [0.2, 0.25) is 5.91 Å². The van der Waals surface area contributed by atoms with Gasteiger partial charge in [0.05, 0.1) is 6.54 Å². The fraction of sp³-hybridized carbons (Fsp3) is 0.381. The van der Waals surface area contributed by atoms with Crippen LogP contribution in [-0.2, 0) is 11.3 Å². The molecular weight excluding hydrogens is 353 g/mol. The van der Waals surface area contributed by atoms with Crippen LogP contribution in [0.5, 0.6) is 0 Å². The van der Waals surface area contributed by atoms with Gasteiger partial charge < -0.3 is 20.7 Å². The van der Waals surface area contributed by atoms with E-state index in [0.29, 0.717) is 18.6 Å². The van der Waals surface area contributed by atoms with Gasteiger partial charge in [-0.05, 0) is 55.2 Å². The number of likely N-dealkylation sites (tertiary alicyclic amines) is 1. The highest BCUT2D eigenvalue weighted by Gasteiger charge is 2.13. The number of hydrogen-bond donors (Lipinski definition) is 4. The van der Waals surface area contributed by atoms with Crippen LogP contribution in [-0.4, -0.2) is 47.6 Å². The summed E-state index contributed by atoms with van der Waals surface area (Å²) >= 11 is 0. The van der Waals surface area contributed by atoms with Crippen LogP contribution < -0.4 is 16.1 Å². The van der Waals surface area contributed by atoms with E-state index in [1.54, 1.807) is 18.2 Å². The fourth-order valence-electron chi connectivity index (χ4n) is 3.47. The number of amides is 1. The molecule has 0 radical (unpaired) electrons. The summed E-state index contributed by atoms with van der Waals surface area (Å²) < 4.78 is 0. The Hall–Kier alpha value is -2.35. The summed E-state index contributed by atoms with van der Waals surface area (Å²) in [5.41, 5.74) is 3.07. The standard InChI is InChI=1S/C21H28BN3O3/c26-21(16-25-11-3-1-2-4-12-25)24-20-10-6-9-19(14-20)23-15-17-7-5-8-18(13-17)22(27)28/h5-10,13-14,23,27-28H,1-4,11-12,15-16H2,(H,24,26). The van der Waals surface area contributed by atoms with Crippen LogP contribution >= 0.6 is 0 Å². The summed E-state index contributed by atoms with van der Waals surface area (Å²) in [6.07, 6.45) is 4.85. The highest BCUT2D eigenvalue weighted by Crippen LogP contribution is 2.16. The lowest BCUT2D eigenvalue weighted by Crippen LogP contribution is -2.33. The number of nitrogens with one attached hydrogen (secondary N) is 2. The van der Waals surface area contributed by atoms with Crippen LogP contribution in [0.25, 0.3) is 0 Å². The molecule has 0 saturated carbocycles. The summed E-state index contributed by atoms with van der Waals surface area (Å²) in [5, 5.41) is 24.8. The molecule has 0 aromatic heterocycles. The molecule has 4 N–H and O–H groups in total. The predicted octanol–water partition coefficient (Wildman–Crippen LogP) is 1.79. The van der Waals surface area contributed by atoms with Gasteiger partial charge in [0.15, 0.2) is 0 Å². The van der Waals surface area contributed by atoms with Gasteiger partial charge in [0.25, 0.3) is 0 Å². The number of hydrogen-bond acceptors (Lipinski definition) is 5. The molecule has 2 aromatic carbocycles. The average molecular weight is 381 g/mol. The van der Waals surface area contributed by atoms with E-state index in [0.717, 1.165) is 30.0 Å². The Morgan fingerprint density at radius 3 is 2.43 bits per heavy atom. The lowest BCUT2D eigenvalue weighted by atomic mass is 9.79. The van der Waals surface area contributed by atoms with Crippen molar-refractivity contribution < 1.29 is 14.8 Å². The van der Waals surface area contributed by atoms with Gasteiger partial charge in [-0.1, -0.05) is 43.2 Å². The Morgan fingerprint density at radius 1 is 0.964 bits per heavy atom. The predicted molar refractivity (Wildman–Crippen MR) is 114 cm³/mol. The largest absolute Gasteiger partial charge is 0.488 e. The van der Waals surface area contributed by atoms with E-state index in [-0.39, 0.29) is 5.91 Å². The smallest absolute Gasteiger partial charge is 0.423 e. The van der Waals surface area contributed by atoms with Crippen molar-refractivity contribution in [3.8, 4) is 0 Å². The molecular formula is C21H28BN3O3. The van der Waals surface area contributed by atoms with Crippen molar-refractivity contribution in [2.75, 3.05) is 30.3 Å². The Morgan fingerprint density at radius 2 is 1.68 bits per heavy atom. The molecule has 1 aliphatic heterocycles. The van der Waals surface area contributed by atoms with Gasteiger partial charge in [0.1, 0.15) is 0 Å². The van der Waals surface area contributed by atoms with Gasteiger partial charge in [-0.25, -0.2) is 0 Å². The molecule has 1 fully saturated rings. The van der Waals surface area contributed by atoms with Crippen LogP contribution in [0.3, 0.4) is 0 Å². The maximum absolute atomic E-state index is 12.4. The second-order valence-electron chi connectivity index (χ2n) is 7.29. The van der Waals surface area contributed by atoms with Crippen LogP contribution in [0.2, 0.25) is 0 Å². The zero-order valence-electron chi connectivity index (χ0n) is 16.1. The van der Waals surface area contributed by atoms with Crippen LogP contribution in [0.15, 0.2) is 48.5 Å². The van der Waals surface area contributed by atoms with Crippen molar-refractivity contribution in [2.24, 2.45) is 0 Å². The minimum atomic E-state index is -1.47. The maximum Gasteiger partial charge on any atom is 0.488 e. The average Bonchev–Trinajstić information content (AvgIpc) is 2.95. The van der Waals surface area contributed by atoms with Crippen molar-refractivity contribution in [3.63, 3.8) is 0 Å². The number of anilines is 2. The van der Waals surface area contributed by atoms with E-state index >= 15 is 0 Å². The van der Waals surface area contributed by atoms with Gasteiger partial charge >= 0.3 is 7.12 Å². The molecule has 0 bridgehead atoms. The van der Waals surface area contributed by atoms with Crippen molar-refractivity contribution in [1.82, 2.24) is 4.90 Å². The molecule has 1 amide bonds. The molecule has 0 atom stereocenters. The van der Waals surface area contributed by atoms with E-state index < -0.39 is 7.12 Å². The lowest BCUT2D eigenvalue weighted by Gasteiger charge is -2.19. The summed E-state index contributed by atoms with van der Waals surface area (Å²) in [7, 11) is -1.47. The SMILES string of the molecule is O=C(CN1CCCCCC1)Nc1cccc(NCc2cccc(B(O)O)c2)c1. The molecule has 3 rings (SSSR count). The Bertz CT molecular complexity index is 777. The number of carbonyl (C=O) groups excluding carboxylic acids is 1. The lowest BCUT2D eigenvalue weighted by molar-refractivity contribution is -0.117. The third kappa shape index (κ3) is 6.37. The van der Waals surface area contributed by atoms with Gasteiger partial charge in [-0.15, -0.1) is 0 Å². The molecule has 1 saturated heterocycles. The molecule has 6 nitrogen and oxygen atoms in total. The number of carbonyl (C=O) groups is 1. The third-order valence-electron chi connectivity index (χ3n) is 4.96. The van der Waals surface area contributed by atoms with Crippen molar-refractivity contribution in [2.45, 2.75) is 32.2 Å². The van der Waals surface area contributed by atoms with Crippen molar-refractivity contribution in [3.05, 3.63) is 54.1 Å². The molecule has 0 spiro atoms. The summed E-state index contributed by atoms with van der Waals surface area (Å²) in [6.45, 7) is 2.98. The zero-order chi connectivity index (χ0) is 19.8. The van der Waals surface area contributed by atoms with E-state index in [4.69, 9.17) is 0 Å². The maximum atomic E-state index is 12.4. The second-order valence-corrected chi connectivity index (χ2v) is 7.29. The number of rotatable bonds is 7. The Labute approximate surface area is 166 Å². The van der Waals surface area contributed by atoms with Crippen LogP contribution in [0, 0.1) is 0 Å². The first-order valence-corrected chi connectivity index (χ1v) is 9.91. The molecule has 0 unspecified atom stereocenters. The van der Waals surface area contributed by atoms with Gasteiger partial charge in [0, 0.05) is 17.9 Å². The normalized spacial score (nSPS) is 14.9. The Balaban J connectivity index is 1.53. The van der Waals surface area contributed by atoms with Crippen molar-refractivity contribution >= 4 is 29.9 Å². The first-order chi connectivity index (χ1) is 13.6. The number of nitrogens with zero attached hydrogens (tertiary/aromatic N) is 1. The summed E-state index contributed by atoms with van der Waals surface area (Å²) in [5.74, 6) is 0.0173. The monoisotopic (exact) mass is 381 g/mol. The summed E-state index contributed by atoms with van der Waals surface area (Å²) in [4.78, 5) is 14.6. The van der Waals surface area contributed by atoms with Crippen molar-refractivity contribution in [1.29, 1.82) is 0 Å². The van der Waals surface area contributed by atoms with Crippen LogP contribution in [0.1, 0.15) is 31.2 Å². The first-order valence-electron chi connectivity index (χ1n) is 9.91. The van der Waals surface area contributed by atoms with E-state index in [2.05, 4.69) is 15.5 Å². The highest BCUT2D eigenvalue weighted by molar-refractivity contribution is 6.58. The first kappa shape index (κ1) is 20.4. The van der Waals surface area contributed by atoms with E-state index in [1.165, 1.54) is 25.7 Å². The Kier molecular flexibility index (Phi) is 7.48. The molecule has 0 aliphatic carbocycles. The summed E-state index contributed by atoms with van der Waals surface area (Å²) in [6, 6.07) is 14.8. The van der Waals surface area contributed by atoms with E-state index in [1.807, 2.05) is 30.3 Å². The van der Waals surface area contributed by atoms with Crippen LogP contribution in [0.4, 0.5) is 11.4 Å². The molecule has 2 aromatic rings. The molecule has 1 heterocycles. The molecule has 148 valence electrons. The molecule has 1 aliphatic rings. The third-order valence-corrected chi connectivity index (χ3v) is 4.96. The quantitative estimate of drug-likeness (QED) is 0.550. The topological polar surface area (TPSA) is 84.8 Å². The highest BCUT2D eigenvalue weighted by atomic mass is 16.4. The zero-order valence-corrected chi connectivity index (χ0v) is 16.1. The van der Waals surface area contributed by atoms with Gasteiger partial charge in [-0.2, -0.15) is 0 Å². The number of benzene rings is 2. The second kappa shape index (κ2) is 10.3. The van der Waals surface area contributed by atoms with Gasteiger partial charge in [-0.3, -0.25) is 9.69 Å². The fourth-order valence-corrected chi connectivity index (χ4v) is 3.47. The van der Waals surface area contributed by atoms with E-state index in [9.17, 15) is 14.8 Å². The molecule has 7 heteroatoms. The minimum Gasteiger partial charge on any atom is -0.423 e. The minimum absolute atomic E-state index is 0.0173. The molecule has 28 heavy (non-hydrogen) atoms.